The van der Waals surface area contributed by atoms with Crippen LogP contribution in [-0.2, 0) is 0 Å². The van der Waals surface area contributed by atoms with Gasteiger partial charge in [-0.2, -0.15) is 0 Å². The lowest BCUT2D eigenvalue weighted by Gasteiger charge is -2.08. The van der Waals surface area contributed by atoms with Crippen molar-refractivity contribution < 1.29 is 9.21 Å². The van der Waals surface area contributed by atoms with E-state index in [2.05, 4.69) is 5.32 Å². The molecule has 2 aromatic rings. The minimum atomic E-state index is -0.427. The van der Waals surface area contributed by atoms with Gasteiger partial charge in [-0.15, -0.1) is 0 Å². The van der Waals surface area contributed by atoms with E-state index in [0.717, 1.165) is 0 Å². The maximum Gasteiger partial charge on any atom is 0.260 e. The number of furan rings is 1. The van der Waals surface area contributed by atoms with Crippen LogP contribution in [0.1, 0.15) is 10.4 Å². The number of benzene rings is 1. The van der Waals surface area contributed by atoms with Crippen LogP contribution in [-0.4, -0.2) is 5.91 Å². The third kappa shape index (κ3) is 2.38. The molecule has 1 amide bonds. The van der Waals surface area contributed by atoms with Crippen molar-refractivity contribution in [2.75, 3.05) is 11.1 Å². The van der Waals surface area contributed by atoms with Crippen LogP contribution in [0.2, 0.25) is 10.2 Å². The number of nitrogens with one attached hydrogen (secondary N) is 1. The van der Waals surface area contributed by atoms with E-state index in [0.29, 0.717) is 16.4 Å². The zero-order valence-electron chi connectivity index (χ0n) is 8.54. The number of anilines is 2. The zero-order valence-corrected chi connectivity index (χ0v) is 10.0. The molecule has 1 heterocycles. The number of amides is 1. The predicted octanol–water partition coefficient (Wildman–Crippen LogP) is 3.42. The van der Waals surface area contributed by atoms with Crippen molar-refractivity contribution in [3.05, 3.63) is 46.3 Å². The first-order valence-electron chi connectivity index (χ1n) is 4.68. The molecule has 4 nitrogen and oxygen atoms in total. The van der Waals surface area contributed by atoms with Crippen LogP contribution in [0.15, 0.2) is 34.9 Å². The van der Waals surface area contributed by atoms with Gasteiger partial charge in [0.15, 0.2) is 0 Å². The van der Waals surface area contributed by atoms with Gasteiger partial charge < -0.3 is 15.5 Å². The largest absolute Gasteiger partial charge is 0.452 e. The summed E-state index contributed by atoms with van der Waals surface area (Å²) in [4.78, 5) is 11.8. The number of carbonyl (C=O) groups is 1. The summed E-state index contributed by atoms with van der Waals surface area (Å²) in [5.74, 6) is -0.427. The van der Waals surface area contributed by atoms with Crippen LogP contribution in [0.25, 0.3) is 0 Å². The van der Waals surface area contributed by atoms with Crippen LogP contribution >= 0.6 is 23.2 Å². The van der Waals surface area contributed by atoms with E-state index >= 15 is 0 Å². The molecule has 0 aliphatic rings. The first-order valence-corrected chi connectivity index (χ1v) is 5.43. The molecule has 17 heavy (non-hydrogen) atoms. The Hall–Kier alpha value is -1.65. The van der Waals surface area contributed by atoms with Gasteiger partial charge in [0.25, 0.3) is 5.91 Å². The lowest BCUT2D eigenvalue weighted by Crippen LogP contribution is -2.13. The summed E-state index contributed by atoms with van der Waals surface area (Å²) >= 11 is 11.6. The lowest BCUT2D eigenvalue weighted by atomic mass is 10.2. The highest BCUT2D eigenvalue weighted by Gasteiger charge is 2.15. The molecule has 0 bridgehead atoms. The maximum atomic E-state index is 11.8. The number of hydrogen-bond donors (Lipinski definition) is 2. The van der Waals surface area contributed by atoms with E-state index in [1.807, 2.05) is 0 Å². The molecule has 0 saturated carbocycles. The van der Waals surface area contributed by atoms with Crippen LogP contribution in [0, 0.1) is 0 Å². The fourth-order valence-electron chi connectivity index (χ4n) is 1.31. The third-order valence-electron chi connectivity index (χ3n) is 2.15. The Balaban J connectivity index is 2.28. The summed E-state index contributed by atoms with van der Waals surface area (Å²) in [6.45, 7) is 0. The molecule has 0 saturated heterocycles. The first-order chi connectivity index (χ1) is 8.09. The number of halogens is 2. The molecule has 1 aromatic heterocycles. The summed E-state index contributed by atoms with van der Waals surface area (Å²) in [6.07, 6.45) is 1.33. The maximum absolute atomic E-state index is 11.8. The number of rotatable bonds is 2. The van der Waals surface area contributed by atoms with Crippen molar-refractivity contribution in [2.45, 2.75) is 0 Å². The Morgan fingerprint density at radius 3 is 2.65 bits per heavy atom. The van der Waals surface area contributed by atoms with Gasteiger partial charge in [0, 0.05) is 0 Å². The summed E-state index contributed by atoms with van der Waals surface area (Å²) < 4.78 is 4.82. The second kappa shape index (κ2) is 4.69. The number of nitrogens with two attached hydrogens (primary N) is 1. The smallest absolute Gasteiger partial charge is 0.260 e. The fourth-order valence-corrected chi connectivity index (χ4v) is 1.74. The fraction of sp³-hybridized carbons (Fsp3) is 0. The second-order valence-corrected chi connectivity index (χ2v) is 4.02. The summed E-state index contributed by atoms with van der Waals surface area (Å²) in [5.41, 5.74) is 6.67. The van der Waals surface area contributed by atoms with E-state index < -0.39 is 5.91 Å². The van der Waals surface area contributed by atoms with Crippen molar-refractivity contribution in [3.63, 3.8) is 0 Å². The van der Waals surface area contributed by atoms with Crippen molar-refractivity contribution >= 4 is 40.5 Å². The van der Waals surface area contributed by atoms with E-state index in [-0.39, 0.29) is 10.8 Å². The van der Waals surface area contributed by atoms with E-state index in [9.17, 15) is 4.79 Å². The number of carbonyl (C=O) groups excluding carboxylic acids is 1. The molecule has 1 aromatic carbocycles. The van der Waals surface area contributed by atoms with Gasteiger partial charge in [-0.05, 0) is 29.8 Å². The van der Waals surface area contributed by atoms with Gasteiger partial charge in [0.05, 0.1) is 28.2 Å². The van der Waals surface area contributed by atoms with Crippen molar-refractivity contribution in [3.8, 4) is 0 Å². The number of nitrogen functional groups attached to an aromatic ring is 1. The van der Waals surface area contributed by atoms with Crippen LogP contribution in [0.3, 0.4) is 0 Å². The van der Waals surface area contributed by atoms with Crippen molar-refractivity contribution in [1.29, 1.82) is 0 Å². The highest BCUT2D eigenvalue weighted by atomic mass is 35.5. The Bertz CT molecular complexity index is 546. The molecule has 0 fully saturated rings. The van der Waals surface area contributed by atoms with Gasteiger partial charge in [0.2, 0.25) is 5.22 Å². The monoisotopic (exact) mass is 270 g/mol. The molecule has 0 atom stereocenters. The number of para-hydroxylation sites is 1. The van der Waals surface area contributed by atoms with Crippen molar-refractivity contribution in [1.82, 2.24) is 0 Å². The molecule has 6 heteroatoms. The SMILES string of the molecule is Nc1cccc(Cl)c1NC(=O)c1ccoc1Cl. The van der Waals surface area contributed by atoms with Gasteiger partial charge >= 0.3 is 0 Å². The van der Waals surface area contributed by atoms with E-state index in [4.69, 9.17) is 33.4 Å². The molecule has 2 rings (SSSR count). The zero-order chi connectivity index (χ0) is 12.4. The average molecular weight is 271 g/mol. The molecular formula is C11H8Cl2N2O2. The number of hydrogen-bond acceptors (Lipinski definition) is 3. The lowest BCUT2D eigenvalue weighted by molar-refractivity contribution is 0.102. The molecule has 0 spiro atoms. The molecule has 3 N–H and O–H groups in total. The molecule has 0 unspecified atom stereocenters. The summed E-state index contributed by atoms with van der Waals surface area (Å²) in [6, 6.07) is 6.42. The van der Waals surface area contributed by atoms with Crippen LogP contribution in [0.5, 0.6) is 0 Å². The topological polar surface area (TPSA) is 68.3 Å². The molecule has 0 aliphatic carbocycles. The highest BCUT2D eigenvalue weighted by Crippen LogP contribution is 2.29. The highest BCUT2D eigenvalue weighted by molar-refractivity contribution is 6.35. The predicted molar refractivity (Wildman–Crippen MR) is 67.5 cm³/mol. The normalized spacial score (nSPS) is 10.2. The van der Waals surface area contributed by atoms with Crippen LogP contribution < -0.4 is 11.1 Å². The van der Waals surface area contributed by atoms with Gasteiger partial charge in [-0.1, -0.05) is 17.7 Å². The van der Waals surface area contributed by atoms with E-state index in [1.165, 1.54) is 12.3 Å². The quantitative estimate of drug-likeness (QED) is 0.822. The third-order valence-corrected chi connectivity index (χ3v) is 2.75. The average Bonchev–Trinajstić information content (AvgIpc) is 2.70. The Morgan fingerprint density at radius 1 is 1.29 bits per heavy atom. The minimum absolute atomic E-state index is 0.0214. The summed E-state index contributed by atoms with van der Waals surface area (Å²) in [7, 11) is 0. The summed E-state index contributed by atoms with van der Waals surface area (Å²) in [5, 5.41) is 2.96. The minimum Gasteiger partial charge on any atom is -0.452 e. The van der Waals surface area contributed by atoms with E-state index in [1.54, 1.807) is 18.2 Å². The molecular weight excluding hydrogens is 263 g/mol. The first kappa shape index (κ1) is 11.8. The Kier molecular flexibility index (Phi) is 3.26. The molecule has 88 valence electrons. The molecule has 0 radical (unpaired) electrons. The van der Waals surface area contributed by atoms with Gasteiger partial charge in [0.1, 0.15) is 0 Å². The van der Waals surface area contributed by atoms with Gasteiger partial charge in [-0.25, -0.2) is 0 Å². The second-order valence-electron chi connectivity index (χ2n) is 3.27. The standard InChI is InChI=1S/C11H8Cl2N2O2/c12-7-2-1-3-8(14)9(7)15-11(16)6-4-5-17-10(6)13/h1-5H,14H2,(H,15,16). The van der Waals surface area contributed by atoms with Crippen LogP contribution in [0.4, 0.5) is 11.4 Å². The Morgan fingerprint density at radius 2 is 2.06 bits per heavy atom. The molecule has 0 aliphatic heterocycles. The Labute approximate surface area is 107 Å². The van der Waals surface area contributed by atoms with Crippen molar-refractivity contribution in [2.24, 2.45) is 0 Å². The van der Waals surface area contributed by atoms with Gasteiger partial charge in [-0.3, -0.25) is 4.79 Å².